The van der Waals surface area contributed by atoms with Gasteiger partial charge in [0.2, 0.25) is 11.8 Å². The van der Waals surface area contributed by atoms with Crippen LogP contribution in [0.4, 0.5) is 10.1 Å². The highest BCUT2D eigenvalue weighted by atomic mass is 19.1. The number of likely N-dealkylation sites (tertiary alicyclic amines) is 1. The van der Waals surface area contributed by atoms with Gasteiger partial charge in [0.15, 0.2) is 0 Å². The second kappa shape index (κ2) is 6.03. The van der Waals surface area contributed by atoms with Crippen molar-refractivity contribution in [2.24, 2.45) is 0 Å². The maximum Gasteiger partial charge on any atom is 0.250 e. The average Bonchev–Trinajstić information content (AvgIpc) is 2.79. The molecule has 0 spiro atoms. The van der Waals surface area contributed by atoms with Crippen LogP contribution in [0.5, 0.6) is 0 Å². The fourth-order valence-corrected chi connectivity index (χ4v) is 2.45. The number of rotatable bonds is 4. The van der Waals surface area contributed by atoms with Crippen LogP contribution in [0.25, 0.3) is 0 Å². The van der Waals surface area contributed by atoms with Crippen molar-refractivity contribution in [1.29, 1.82) is 0 Å². The predicted octanol–water partition coefficient (Wildman–Crippen LogP) is 1.75. The molecule has 0 radical (unpaired) electrons. The van der Waals surface area contributed by atoms with Crippen LogP contribution in [0.2, 0.25) is 0 Å². The number of carbonyl (C=O) groups excluding carboxylic acids is 2. The van der Waals surface area contributed by atoms with Crippen molar-refractivity contribution in [3.63, 3.8) is 0 Å². The number of anilines is 1. The molecule has 0 saturated carbocycles. The van der Waals surface area contributed by atoms with Crippen LogP contribution in [-0.4, -0.2) is 40.8 Å². The van der Waals surface area contributed by atoms with Crippen LogP contribution in [0.15, 0.2) is 31.1 Å². The summed E-state index contributed by atoms with van der Waals surface area (Å²) in [6, 6.07) is 0.398. The van der Waals surface area contributed by atoms with Crippen molar-refractivity contribution >= 4 is 17.5 Å². The smallest absolute Gasteiger partial charge is 0.250 e. The van der Waals surface area contributed by atoms with E-state index in [0.717, 1.165) is 6.20 Å². The standard InChI is InChI=1S/C15H18FN3O2/c1-4-10(2)19(12-7-11(16)8-17-9-12)15(21)13-5-6-14(20)18(13)3/h4,7-10,13H,1,5-6H2,2-3H3/t10-,13-/m0/s1. The zero-order valence-corrected chi connectivity index (χ0v) is 12.1. The van der Waals surface area contributed by atoms with Gasteiger partial charge in [0, 0.05) is 19.5 Å². The van der Waals surface area contributed by atoms with Gasteiger partial charge in [-0.15, -0.1) is 6.58 Å². The number of halogens is 1. The molecule has 112 valence electrons. The highest BCUT2D eigenvalue weighted by Crippen LogP contribution is 2.24. The molecule has 1 aromatic rings. The first kappa shape index (κ1) is 15.2. The number of hydrogen-bond acceptors (Lipinski definition) is 3. The predicted molar refractivity (Wildman–Crippen MR) is 77.1 cm³/mol. The molecular formula is C15H18FN3O2. The Kier molecular flexibility index (Phi) is 4.35. The van der Waals surface area contributed by atoms with Gasteiger partial charge in [0.25, 0.3) is 0 Å². The molecule has 6 heteroatoms. The minimum Gasteiger partial charge on any atom is -0.334 e. The first-order valence-electron chi connectivity index (χ1n) is 6.77. The summed E-state index contributed by atoms with van der Waals surface area (Å²) in [6.45, 7) is 5.47. The lowest BCUT2D eigenvalue weighted by molar-refractivity contribution is -0.132. The van der Waals surface area contributed by atoms with Crippen molar-refractivity contribution in [2.45, 2.75) is 31.8 Å². The van der Waals surface area contributed by atoms with E-state index in [1.165, 1.54) is 22.1 Å². The molecule has 2 atom stereocenters. The number of carbonyl (C=O) groups is 2. The first-order chi connectivity index (χ1) is 9.95. The summed E-state index contributed by atoms with van der Waals surface area (Å²) in [7, 11) is 1.61. The van der Waals surface area contributed by atoms with Gasteiger partial charge < -0.3 is 9.80 Å². The Labute approximate surface area is 123 Å². The van der Waals surface area contributed by atoms with Crippen LogP contribution in [0.3, 0.4) is 0 Å². The van der Waals surface area contributed by atoms with Crippen LogP contribution >= 0.6 is 0 Å². The highest BCUT2D eigenvalue weighted by molar-refractivity contribution is 6.01. The van der Waals surface area contributed by atoms with Crippen molar-refractivity contribution in [1.82, 2.24) is 9.88 Å². The number of likely N-dealkylation sites (N-methyl/N-ethyl adjacent to an activating group) is 1. The first-order valence-corrected chi connectivity index (χ1v) is 6.77. The number of hydrogen-bond donors (Lipinski definition) is 0. The Morgan fingerprint density at radius 1 is 1.62 bits per heavy atom. The second-order valence-corrected chi connectivity index (χ2v) is 5.11. The van der Waals surface area contributed by atoms with Crippen molar-refractivity contribution in [2.75, 3.05) is 11.9 Å². The molecule has 0 aromatic carbocycles. The number of aromatic nitrogens is 1. The van der Waals surface area contributed by atoms with E-state index in [0.29, 0.717) is 18.5 Å². The zero-order valence-electron chi connectivity index (χ0n) is 12.1. The summed E-state index contributed by atoms with van der Waals surface area (Å²) in [5.74, 6) is -0.822. The Morgan fingerprint density at radius 2 is 2.33 bits per heavy atom. The van der Waals surface area contributed by atoms with E-state index >= 15 is 0 Å². The van der Waals surface area contributed by atoms with E-state index in [-0.39, 0.29) is 17.9 Å². The van der Waals surface area contributed by atoms with E-state index in [1.807, 2.05) is 0 Å². The number of nitrogens with zero attached hydrogens (tertiary/aromatic N) is 3. The molecule has 2 amide bonds. The number of pyridine rings is 1. The van der Waals surface area contributed by atoms with Crippen molar-refractivity contribution in [3.8, 4) is 0 Å². The topological polar surface area (TPSA) is 53.5 Å². The Morgan fingerprint density at radius 3 is 2.86 bits per heavy atom. The zero-order chi connectivity index (χ0) is 15.6. The summed E-state index contributed by atoms with van der Waals surface area (Å²) >= 11 is 0. The van der Waals surface area contributed by atoms with Gasteiger partial charge in [0.1, 0.15) is 11.9 Å². The third kappa shape index (κ3) is 2.94. The highest BCUT2D eigenvalue weighted by Gasteiger charge is 2.37. The molecule has 1 aliphatic rings. The lowest BCUT2D eigenvalue weighted by atomic mass is 10.1. The molecule has 0 bridgehead atoms. The molecule has 1 aromatic heterocycles. The molecule has 1 saturated heterocycles. The lowest BCUT2D eigenvalue weighted by Crippen LogP contribution is -2.48. The summed E-state index contributed by atoms with van der Waals surface area (Å²) in [4.78, 5) is 31.0. The van der Waals surface area contributed by atoms with E-state index in [1.54, 1.807) is 20.0 Å². The van der Waals surface area contributed by atoms with E-state index in [4.69, 9.17) is 0 Å². The van der Waals surface area contributed by atoms with Gasteiger partial charge in [-0.2, -0.15) is 0 Å². The third-order valence-corrected chi connectivity index (χ3v) is 3.73. The fraction of sp³-hybridized carbons (Fsp3) is 0.400. The molecule has 1 fully saturated rings. The fourth-order valence-electron chi connectivity index (χ4n) is 2.45. The summed E-state index contributed by atoms with van der Waals surface area (Å²) in [5, 5.41) is 0. The van der Waals surface area contributed by atoms with Crippen molar-refractivity contribution < 1.29 is 14.0 Å². The van der Waals surface area contributed by atoms with Gasteiger partial charge >= 0.3 is 0 Å². The van der Waals surface area contributed by atoms with Crippen LogP contribution < -0.4 is 4.90 Å². The Hall–Kier alpha value is -2.24. The molecule has 0 aliphatic carbocycles. The van der Waals surface area contributed by atoms with Gasteiger partial charge in [-0.05, 0) is 13.3 Å². The lowest BCUT2D eigenvalue weighted by Gasteiger charge is -2.31. The Bertz CT molecular complexity index is 576. The summed E-state index contributed by atoms with van der Waals surface area (Å²) < 4.78 is 13.4. The van der Waals surface area contributed by atoms with Crippen LogP contribution in [-0.2, 0) is 9.59 Å². The average molecular weight is 291 g/mol. The van der Waals surface area contributed by atoms with E-state index in [2.05, 4.69) is 11.6 Å². The molecule has 5 nitrogen and oxygen atoms in total. The summed E-state index contributed by atoms with van der Waals surface area (Å²) in [5.41, 5.74) is 0.361. The van der Waals surface area contributed by atoms with Crippen LogP contribution in [0, 0.1) is 5.82 Å². The van der Waals surface area contributed by atoms with Crippen LogP contribution in [0.1, 0.15) is 19.8 Å². The maximum absolute atomic E-state index is 13.4. The third-order valence-electron chi connectivity index (χ3n) is 3.73. The van der Waals surface area contributed by atoms with Gasteiger partial charge in [-0.3, -0.25) is 14.6 Å². The molecular weight excluding hydrogens is 273 g/mol. The second-order valence-electron chi connectivity index (χ2n) is 5.11. The normalized spacial score (nSPS) is 19.5. The number of amides is 2. The summed E-state index contributed by atoms with van der Waals surface area (Å²) in [6.07, 6.45) is 4.93. The Balaban J connectivity index is 2.34. The molecule has 21 heavy (non-hydrogen) atoms. The minimum absolute atomic E-state index is 0.0584. The molecule has 2 rings (SSSR count). The maximum atomic E-state index is 13.4. The quantitative estimate of drug-likeness (QED) is 0.794. The largest absolute Gasteiger partial charge is 0.334 e. The monoisotopic (exact) mass is 291 g/mol. The minimum atomic E-state index is -0.525. The SMILES string of the molecule is C=C[C@H](C)N(C(=O)[C@@H]1CCC(=O)N1C)c1cncc(F)c1. The van der Waals surface area contributed by atoms with Crippen molar-refractivity contribution in [3.05, 3.63) is 36.9 Å². The molecule has 0 N–H and O–H groups in total. The molecule has 1 aliphatic heterocycles. The van der Waals surface area contributed by atoms with E-state index in [9.17, 15) is 14.0 Å². The van der Waals surface area contributed by atoms with Gasteiger partial charge in [-0.25, -0.2) is 4.39 Å². The molecule has 0 unspecified atom stereocenters. The molecule has 2 heterocycles. The van der Waals surface area contributed by atoms with Gasteiger partial charge in [0.05, 0.1) is 24.1 Å². The van der Waals surface area contributed by atoms with Gasteiger partial charge in [-0.1, -0.05) is 6.08 Å². The van der Waals surface area contributed by atoms with E-state index < -0.39 is 11.9 Å².